The molecule has 6 nitrogen and oxygen atoms in total. The van der Waals surface area contributed by atoms with E-state index in [9.17, 15) is 21.6 Å². The molecule has 0 fully saturated rings. The third-order valence-electron chi connectivity index (χ3n) is 2.73. The molecule has 2 N–H and O–H groups in total. The molecule has 0 saturated carbocycles. The number of anilines is 1. The molecule has 1 aromatic rings. The molecule has 0 aromatic carbocycles. The smallest absolute Gasteiger partial charge is 0.381 e. The van der Waals surface area contributed by atoms with Crippen molar-refractivity contribution in [3.05, 3.63) is 5.69 Å². The second-order valence-corrected chi connectivity index (χ2v) is 6.25. The van der Waals surface area contributed by atoms with E-state index >= 15 is 0 Å². The average Bonchev–Trinajstić information content (AvgIpc) is 2.50. The molecule has 0 amide bonds. The van der Waals surface area contributed by atoms with Crippen LogP contribution in [0.2, 0.25) is 0 Å². The number of halogens is 3. The maximum absolute atomic E-state index is 12.5. The zero-order valence-corrected chi connectivity index (χ0v) is 12.2. The fourth-order valence-corrected chi connectivity index (χ4v) is 3.60. The minimum absolute atomic E-state index is 0.200. The Hall–Kier alpha value is -1.29. The van der Waals surface area contributed by atoms with Crippen LogP contribution < -0.4 is 5.73 Å². The summed E-state index contributed by atoms with van der Waals surface area (Å²) in [6, 6.07) is 0. The van der Waals surface area contributed by atoms with Crippen molar-refractivity contribution in [3.63, 3.8) is 0 Å². The van der Waals surface area contributed by atoms with Gasteiger partial charge in [-0.25, -0.2) is 8.42 Å². The second-order valence-electron chi connectivity index (χ2n) is 4.38. The largest absolute Gasteiger partial charge is 0.402 e. The van der Waals surface area contributed by atoms with Gasteiger partial charge in [-0.2, -0.15) is 22.6 Å². The van der Waals surface area contributed by atoms with Gasteiger partial charge in [-0.05, 0) is 13.3 Å². The van der Waals surface area contributed by atoms with Gasteiger partial charge >= 0.3 is 6.18 Å². The van der Waals surface area contributed by atoms with Crippen LogP contribution in [0, 0.1) is 6.92 Å². The first-order valence-corrected chi connectivity index (χ1v) is 7.30. The molecule has 1 rings (SSSR count). The summed E-state index contributed by atoms with van der Waals surface area (Å²) in [4.78, 5) is -0.363. The third-order valence-corrected chi connectivity index (χ3v) is 4.74. The number of hydrogen-bond donors (Lipinski definition) is 1. The topological polar surface area (TPSA) is 81.2 Å². The van der Waals surface area contributed by atoms with Crippen LogP contribution in [0.3, 0.4) is 0 Å². The van der Waals surface area contributed by atoms with Crippen molar-refractivity contribution in [2.24, 2.45) is 7.05 Å². The van der Waals surface area contributed by atoms with Crippen molar-refractivity contribution in [3.8, 4) is 0 Å². The summed E-state index contributed by atoms with van der Waals surface area (Å²) < 4.78 is 63.9. The lowest BCUT2D eigenvalue weighted by Gasteiger charge is -2.22. The van der Waals surface area contributed by atoms with E-state index in [-0.39, 0.29) is 29.4 Å². The molecular formula is C10H17F3N4O2S. The first kappa shape index (κ1) is 16.8. The summed E-state index contributed by atoms with van der Waals surface area (Å²) in [6.45, 7) is 1.25. The van der Waals surface area contributed by atoms with Gasteiger partial charge in [0.1, 0.15) is 11.4 Å². The Balaban J connectivity index is 3.30. The fourth-order valence-electron chi connectivity index (χ4n) is 1.80. The molecule has 0 spiro atoms. The van der Waals surface area contributed by atoms with Crippen molar-refractivity contribution in [1.29, 1.82) is 0 Å². The maximum atomic E-state index is 12.5. The van der Waals surface area contributed by atoms with Crippen LogP contribution in [0.1, 0.15) is 19.0 Å². The highest BCUT2D eigenvalue weighted by Crippen LogP contribution is 2.28. The predicted octanol–water partition coefficient (Wildman–Crippen LogP) is 1.27. The number of rotatable bonds is 5. The zero-order chi connectivity index (χ0) is 15.7. The maximum Gasteiger partial charge on any atom is 0.402 e. The van der Waals surface area contributed by atoms with E-state index in [2.05, 4.69) is 5.10 Å². The number of sulfonamides is 1. The van der Waals surface area contributed by atoms with E-state index in [1.54, 1.807) is 6.92 Å². The van der Waals surface area contributed by atoms with E-state index in [1.165, 1.54) is 18.7 Å². The van der Waals surface area contributed by atoms with Gasteiger partial charge in [-0.1, -0.05) is 6.92 Å². The van der Waals surface area contributed by atoms with Crippen molar-refractivity contribution in [2.75, 3.05) is 18.8 Å². The van der Waals surface area contributed by atoms with Gasteiger partial charge in [-0.15, -0.1) is 0 Å². The van der Waals surface area contributed by atoms with Crippen molar-refractivity contribution in [2.45, 2.75) is 31.3 Å². The molecule has 0 atom stereocenters. The Labute approximate surface area is 115 Å². The van der Waals surface area contributed by atoms with Gasteiger partial charge < -0.3 is 5.73 Å². The molecule has 0 aliphatic rings. The molecule has 0 bridgehead atoms. The Morgan fingerprint density at radius 1 is 1.40 bits per heavy atom. The Morgan fingerprint density at radius 2 is 1.95 bits per heavy atom. The summed E-state index contributed by atoms with van der Waals surface area (Å²) >= 11 is 0. The van der Waals surface area contributed by atoms with Crippen molar-refractivity contribution >= 4 is 15.8 Å². The van der Waals surface area contributed by atoms with Gasteiger partial charge in [-0.3, -0.25) is 4.68 Å². The third kappa shape index (κ3) is 3.42. The van der Waals surface area contributed by atoms with Crippen LogP contribution in [0.15, 0.2) is 4.90 Å². The molecule has 0 aliphatic carbocycles. The van der Waals surface area contributed by atoms with E-state index in [4.69, 9.17) is 5.73 Å². The number of aryl methyl sites for hydroxylation is 1. The first-order chi connectivity index (χ1) is 9.00. The van der Waals surface area contributed by atoms with Crippen LogP contribution in [-0.4, -0.2) is 41.8 Å². The highest BCUT2D eigenvalue weighted by Gasteiger charge is 2.38. The number of hydrogen-bond acceptors (Lipinski definition) is 4. The molecule has 0 saturated heterocycles. The summed E-state index contributed by atoms with van der Waals surface area (Å²) in [6.07, 6.45) is -4.36. The lowest BCUT2D eigenvalue weighted by molar-refractivity contribution is -0.136. The number of nitrogens with zero attached hydrogens (tertiary/aromatic N) is 3. The predicted molar refractivity (Wildman–Crippen MR) is 67.5 cm³/mol. The fraction of sp³-hybridized carbons (Fsp3) is 0.700. The minimum Gasteiger partial charge on any atom is -0.381 e. The molecule has 10 heteroatoms. The van der Waals surface area contributed by atoms with E-state index in [0.29, 0.717) is 4.31 Å². The van der Waals surface area contributed by atoms with E-state index < -0.39 is 22.7 Å². The quantitative estimate of drug-likeness (QED) is 0.887. The van der Waals surface area contributed by atoms with Gasteiger partial charge in [0, 0.05) is 13.6 Å². The Morgan fingerprint density at radius 3 is 2.30 bits per heavy atom. The normalized spacial score (nSPS) is 13.2. The van der Waals surface area contributed by atoms with Crippen LogP contribution in [0.4, 0.5) is 19.0 Å². The standard InChI is InChI=1S/C10H17F3N4O2S/c1-4-5-17(6-10(11,12)13)20(18,19)8-7(2)16(3)15-9(8)14/h4-6H2,1-3H3,(H2,14,15). The number of nitrogens with two attached hydrogens (primary N) is 1. The van der Waals surface area contributed by atoms with Crippen LogP contribution in [0.25, 0.3) is 0 Å². The number of alkyl halides is 3. The summed E-state index contributed by atoms with van der Waals surface area (Å²) in [7, 11) is -2.86. The van der Waals surface area contributed by atoms with Gasteiger partial charge in [0.2, 0.25) is 10.0 Å². The molecule has 1 aromatic heterocycles. The minimum atomic E-state index is -4.62. The SMILES string of the molecule is CCCN(CC(F)(F)F)S(=O)(=O)c1c(N)nn(C)c1C. The number of aromatic nitrogens is 2. The van der Waals surface area contributed by atoms with Gasteiger partial charge in [0.25, 0.3) is 0 Å². The van der Waals surface area contributed by atoms with Crippen LogP contribution in [0.5, 0.6) is 0 Å². The average molecular weight is 314 g/mol. The van der Waals surface area contributed by atoms with Crippen LogP contribution in [-0.2, 0) is 17.1 Å². The van der Waals surface area contributed by atoms with Gasteiger partial charge in [0.05, 0.1) is 5.69 Å². The molecule has 0 aliphatic heterocycles. The van der Waals surface area contributed by atoms with Gasteiger partial charge in [0.15, 0.2) is 5.82 Å². The highest BCUT2D eigenvalue weighted by molar-refractivity contribution is 7.89. The molecule has 0 unspecified atom stereocenters. The molecule has 1 heterocycles. The number of nitrogen functional groups attached to an aromatic ring is 1. The molecule has 20 heavy (non-hydrogen) atoms. The lowest BCUT2D eigenvalue weighted by atomic mass is 10.4. The lowest BCUT2D eigenvalue weighted by Crippen LogP contribution is -2.39. The highest BCUT2D eigenvalue weighted by atomic mass is 32.2. The van der Waals surface area contributed by atoms with Crippen molar-refractivity contribution < 1.29 is 21.6 Å². The Kier molecular flexibility index (Phi) is 4.70. The molecule has 0 radical (unpaired) electrons. The molecular weight excluding hydrogens is 297 g/mol. The second kappa shape index (κ2) is 5.60. The van der Waals surface area contributed by atoms with E-state index in [1.807, 2.05) is 0 Å². The zero-order valence-electron chi connectivity index (χ0n) is 11.4. The molecule has 116 valence electrons. The van der Waals surface area contributed by atoms with Crippen LogP contribution >= 0.6 is 0 Å². The van der Waals surface area contributed by atoms with Crippen molar-refractivity contribution in [1.82, 2.24) is 14.1 Å². The van der Waals surface area contributed by atoms with E-state index in [0.717, 1.165) is 0 Å². The first-order valence-electron chi connectivity index (χ1n) is 5.86. The Bertz CT molecular complexity index is 580. The monoisotopic (exact) mass is 314 g/mol. The summed E-state index contributed by atoms with van der Waals surface area (Å²) in [5.41, 5.74) is 5.71. The summed E-state index contributed by atoms with van der Waals surface area (Å²) in [5, 5.41) is 3.72. The summed E-state index contributed by atoms with van der Waals surface area (Å²) in [5.74, 6) is -0.298.